The molecule has 3 aromatic carbocycles. The average molecular weight is 396 g/mol. The molecule has 0 saturated carbocycles. The van der Waals surface area contributed by atoms with Gasteiger partial charge in [-0.1, -0.05) is 55.5 Å². The van der Waals surface area contributed by atoms with Gasteiger partial charge in [-0.3, -0.25) is 0 Å². The third-order valence-corrected chi connectivity index (χ3v) is 6.62. The lowest BCUT2D eigenvalue weighted by molar-refractivity contribution is 0.322. The predicted molar refractivity (Wildman–Crippen MR) is 112 cm³/mol. The summed E-state index contributed by atoms with van der Waals surface area (Å²) in [7, 11) is -3.59. The zero-order chi connectivity index (χ0) is 20.0. The SMILES string of the molecule is CCC(C)N(Cc1cccc(Oc2ccccc2)c1)S(=O)(=O)c1ccccc1. The van der Waals surface area contributed by atoms with E-state index in [9.17, 15) is 8.42 Å². The number of ether oxygens (including phenoxy) is 1. The quantitative estimate of drug-likeness (QED) is 0.508. The van der Waals surface area contributed by atoms with E-state index in [0.717, 1.165) is 17.7 Å². The maximum absolute atomic E-state index is 13.2. The Hall–Kier alpha value is -2.63. The molecule has 0 amide bonds. The van der Waals surface area contributed by atoms with Crippen molar-refractivity contribution in [2.24, 2.45) is 0 Å². The minimum atomic E-state index is -3.59. The number of hydrogen-bond acceptors (Lipinski definition) is 3. The Balaban J connectivity index is 1.87. The maximum atomic E-state index is 13.2. The lowest BCUT2D eigenvalue weighted by Gasteiger charge is -2.28. The molecule has 0 heterocycles. The van der Waals surface area contributed by atoms with Gasteiger partial charge in [-0.15, -0.1) is 0 Å². The van der Waals surface area contributed by atoms with Gasteiger partial charge in [-0.05, 0) is 55.3 Å². The standard InChI is InChI=1S/C23H25NO3S/c1-3-19(2)24(28(25,26)23-15-8-5-9-16-23)18-20-11-10-14-22(17-20)27-21-12-6-4-7-13-21/h4-17,19H,3,18H2,1-2H3. The molecule has 4 nitrogen and oxygen atoms in total. The number of rotatable bonds is 8. The number of hydrogen-bond donors (Lipinski definition) is 0. The number of nitrogens with zero attached hydrogens (tertiary/aromatic N) is 1. The van der Waals surface area contributed by atoms with E-state index in [1.165, 1.54) is 0 Å². The predicted octanol–water partition coefficient (Wildman–Crippen LogP) is 5.47. The van der Waals surface area contributed by atoms with Crippen LogP contribution in [0.2, 0.25) is 0 Å². The van der Waals surface area contributed by atoms with Gasteiger partial charge in [0.15, 0.2) is 0 Å². The zero-order valence-electron chi connectivity index (χ0n) is 16.2. The van der Waals surface area contributed by atoms with Crippen LogP contribution in [0.5, 0.6) is 11.5 Å². The van der Waals surface area contributed by atoms with Crippen LogP contribution in [0.3, 0.4) is 0 Å². The summed E-state index contributed by atoms with van der Waals surface area (Å²) < 4.78 is 33.9. The highest BCUT2D eigenvalue weighted by atomic mass is 32.2. The summed E-state index contributed by atoms with van der Waals surface area (Å²) >= 11 is 0. The summed E-state index contributed by atoms with van der Waals surface area (Å²) in [4.78, 5) is 0.312. The third-order valence-electron chi connectivity index (χ3n) is 4.65. The molecule has 5 heteroatoms. The molecule has 1 atom stereocenters. The van der Waals surface area contributed by atoms with Gasteiger partial charge in [0.1, 0.15) is 11.5 Å². The van der Waals surface area contributed by atoms with Crippen molar-refractivity contribution in [3.63, 3.8) is 0 Å². The van der Waals surface area contributed by atoms with Crippen molar-refractivity contribution in [1.29, 1.82) is 0 Å². The van der Waals surface area contributed by atoms with Crippen LogP contribution in [0.25, 0.3) is 0 Å². The molecule has 0 fully saturated rings. The summed E-state index contributed by atoms with van der Waals surface area (Å²) in [5.41, 5.74) is 0.883. The van der Waals surface area contributed by atoms with Crippen molar-refractivity contribution in [3.8, 4) is 11.5 Å². The minimum Gasteiger partial charge on any atom is -0.457 e. The molecule has 3 rings (SSSR count). The Bertz CT molecular complexity index is 989. The van der Waals surface area contributed by atoms with Crippen LogP contribution in [0.4, 0.5) is 0 Å². The van der Waals surface area contributed by atoms with Crippen LogP contribution < -0.4 is 4.74 Å². The van der Waals surface area contributed by atoms with E-state index in [4.69, 9.17) is 4.74 Å². The smallest absolute Gasteiger partial charge is 0.243 e. The Labute approximate surface area is 167 Å². The van der Waals surface area contributed by atoms with Gasteiger partial charge in [-0.25, -0.2) is 8.42 Å². The molecule has 0 radical (unpaired) electrons. The molecule has 0 aliphatic rings. The number of sulfonamides is 1. The Morgan fingerprint density at radius 1 is 0.857 bits per heavy atom. The monoisotopic (exact) mass is 395 g/mol. The fourth-order valence-electron chi connectivity index (χ4n) is 2.92. The lowest BCUT2D eigenvalue weighted by Crippen LogP contribution is -2.37. The molecule has 0 aliphatic carbocycles. The highest BCUT2D eigenvalue weighted by Gasteiger charge is 2.28. The largest absolute Gasteiger partial charge is 0.457 e. The van der Waals surface area contributed by atoms with Crippen molar-refractivity contribution < 1.29 is 13.2 Å². The van der Waals surface area contributed by atoms with Crippen LogP contribution in [0, 0.1) is 0 Å². The van der Waals surface area contributed by atoms with Gasteiger partial charge in [0.25, 0.3) is 0 Å². The van der Waals surface area contributed by atoms with Crippen molar-refractivity contribution in [2.45, 2.75) is 37.8 Å². The van der Waals surface area contributed by atoms with Gasteiger partial charge in [0.2, 0.25) is 10.0 Å². The first-order valence-corrected chi connectivity index (χ1v) is 10.8. The van der Waals surface area contributed by atoms with Crippen LogP contribution >= 0.6 is 0 Å². The first-order chi connectivity index (χ1) is 13.5. The summed E-state index contributed by atoms with van der Waals surface area (Å²) in [6.07, 6.45) is 0.728. The van der Waals surface area contributed by atoms with Crippen molar-refractivity contribution in [1.82, 2.24) is 4.31 Å². The molecule has 146 valence electrons. The molecule has 0 spiro atoms. The lowest BCUT2D eigenvalue weighted by atomic mass is 10.2. The molecular weight excluding hydrogens is 370 g/mol. The fraction of sp³-hybridized carbons (Fsp3) is 0.217. The Morgan fingerprint density at radius 2 is 1.46 bits per heavy atom. The molecule has 1 unspecified atom stereocenters. The van der Waals surface area contributed by atoms with Crippen molar-refractivity contribution >= 4 is 10.0 Å². The molecule has 28 heavy (non-hydrogen) atoms. The van der Waals surface area contributed by atoms with E-state index in [1.807, 2.05) is 74.5 Å². The first kappa shape index (κ1) is 20.1. The second-order valence-electron chi connectivity index (χ2n) is 6.68. The van der Waals surface area contributed by atoms with Crippen LogP contribution in [-0.4, -0.2) is 18.8 Å². The Kier molecular flexibility index (Phi) is 6.49. The van der Waals surface area contributed by atoms with Crippen LogP contribution in [0.15, 0.2) is 89.8 Å². The Morgan fingerprint density at radius 3 is 2.11 bits per heavy atom. The third kappa shape index (κ3) is 4.80. The summed E-state index contributed by atoms with van der Waals surface area (Å²) in [5, 5.41) is 0. The van der Waals surface area contributed by atoms with Gasteiger partial charge >= 0.3 is 0 Å². The van der Waals surface area contributed by atoms with Gasteiger partial charge < -0.3 is 4.74 Å². The number of para-hydroxylation sites is 1. The van der Waals surface area contributed by atoms with E-state index in [0.29, 0.717) is 10.6 Å². The second-order valence-corrected chi connectivity index (χ2v) is 8.57. The van der Waals surface area contributed by atoms with Crippen molar-refractivity contribution in [2.75, 3.05) is 0 Å². The highest BCUT2D eigenvalue weighted by Crippen LogP contribution is 2.26. The van der Waals surface area contributed by atoms with Gasteiger partial charge in [0, 0.05) is 12.6 Å². The normalized spacial score (nSPS) is 12.7. The van der Waals surface area contributed by atoms with Crippen molar-refractivity contribution in [3.05, 3.63) is 90.5 Å². The molecule has 3 aromatic rings. The molecule has 0 aliphatic heterocycles. The maximum Gasteiger partial charge on any atom is 0.243 e. The van der Waals surface area contributed by atoms with Gasteiger partial charge in [0.05, 0.1) is 4.90 Å². The van der Waals surface area contributed by atoms with E-state index in [2.05, 4.69) is 0 Å². The second kappa shape index (κ2) is 9.04. The summed E-state index contributed by atoms with van der Waals surface area (Å²) in [6, 6.07) is 25.6. The highest BCUT2D eigenvalue weighted by molar-refractivity contribution is 7.89. The molecular formula is C23H25NO3S. The molecule has 0 aromatic heterocycles. The van der Waals surface area contributed by atoms with E-state index < -0.39 is 10.0 Å². The fourth-order valence-corrected chi connectivity index (χ4v) is 4.63. The average Bonchev–Trinajstić information content (AvgIpc) is 2.73. The van der Waals surface area contributed by atoms with Crippen LogP contribution in [0.1, 0.15) is 25.8 Å². The van der Waals surface area contributed by atoms with E-state index in [1.54, 1.807) is 28.6 Å². The molecule has 0 N–H and O–H groups in total. The van der Waals surface area contributed by atoms with E-state index in [-0.39, 0.29) is 12.6 Å². The summed E-state index contributed by atoms with van der Waals surface area (Å²) in [6.45, 7) is 4.22. The molecule has 0 saturated heterocycles. The van der Waals surface area contributed by atoms with Crippen LogP contribution in [-0.2, 0) is 16.6 Å². The van der Waals surface area contributed by atoms with Gasteiger partial charge in [-0.2, -0.15) is 4.31 Å². The molecule has 0 bridgehead atoms. The topological polar surface area (TPSA) is 46.6 Å². The minimum absolute atomic E-state index is 0.121. The summed E-state index contributed by atoms with van der Waals surface area (Å²) in [5.74, 6) is 1.43. The van der Waals surface area contributed by atoms with E-state index >= 15 is 0 Å². The first-order valence-electron chi connectivity index (χ1n) is 9.39. The zero-order valence-corrected chi connectivity index (χ0v) is 17.0. The number of benzene rings is 3.